The van der Waals surface area contributed by atoms with Crippen molar-refractivity contribution in [2.45, 2.75) is 25.5 Å². The molecule has 4 aromatic rings. The molecule has 0 bridgehead atoms. The number of pyridine rings is 1. The summed E-state index contributed by atoms with van der Waals surface area (Å²) in [6.45, 7) is -1.87. The number of rotatable bonds is 5. The maximum atomic E-state index is 12.9. The first-order valence-electron chi connectivity index (χ1n) is 9.66. The molecule has 0 radical (unpaired) electrons. The molecular formula is C23H18F2N2O3. The highest BCUT2D eigenvalue weighted by Crippen LogP contribution is 2.42. The molecule has 30 heavy (non-hydrogen) atoms. The zero-order chi connectivity index (χ0) is 20.7. The minimum absolute atomic E-state index is 0.0228. The number of amides is 1. The van der Waals surface area contributed by atoms with Crippen molar-refractivity contribution in [1.29, 1.82) is 0 Å². The van der Waals surface area contributed by atoms with E-state index in [1.807, 2.05) is 35.2 Å². The molecule has 1 aliphatic heterocycles. The molecule has 1 saturated heterocycles. The standard InChI is InChI=1S/C23H18F2N2O3/c24-23(25)30-19-7-6-16(21-17-11-26-9-8-18(17)29-22(19)21)15-10-20(28)27(13-15)12-14-4-2-1-3-5-14/h1-9,11,15,23H,10,12-13H2. The molecule has 0 aliphatic carbocycles. The van der Waals surface area contributed by atoms with Crippen molar-refractivity contribution in [3.8, 4) is 5.75 Å². The highest BCUT2D eigenvalue weighted by Gasteiger charge is 2.33. The van der Waals surface area contributed by atoms with Gasteiger partial charge in [0.15, 0.2) is 11.3 Å². The first kappa shape index (κ1) is 18.5. The van der Waals surface area contributed by atoms with Gasteiger partial charge < -0.3 is 14.1 Å². The number of halogens is 2. The summed E-state index contributed by atoms with van der Waals surface area (Å²) in [6, 6.07) is 14.8. The number of nitrogens with zero attached hydrogens (tertiary/aromatic N) is 2. The van der Waals surface area contributed by atoms with Crippen molar-refractivity contribution >= 4 is 27.8 Å². The van der Waals surface area contributed by atoms with Crippen molar-refractivity contribution < 1.29 is 22.7 Å². The van der Waals surface area contributed by atoms with Gasteiger partial charge in [0, 0.05) is 48.6 Å². The van der Waals surface area contributed by atoms with Crippen LogP contribution in [0.5, 0.6) is 5.75 Å². The van der Waals surface area contributed by atoms with E-state index in [4.69, 9.17) is 4.42 Å². The van der Waals surface area contributed by atoms with Crippen LogP contribution in [0.1, 0.15) is 23.5 Å². The molecule has 0 spiro atoms. The van der Waals surface area contributed by atoms with Crippen LogP contribution in [0.15, 0.2) is 65.3 Å². The summed E-state index contributed by atoms with van der Waals surface area (Å²) in [4.78, 5) is 18.7. The number of ether oxygens (including phenoxy) is 1. The van der Waals surface area contributed by atoms with Crippen molar-refractivity contribution in [3.05, 3.63) is 72.1 Å². The van der Waals surface area contributed by atoms with Crippen molar-refractivity contribution in [2.75, 3.05) is 6.54 Å². The Morgan fingerprint density at radius 2 is 2.00 bits per heavy atom. The van der Waals surface area contributed by atoms with Gasteiger partial charge in [-0.25, -0.2) is 0 Å². The van der Waals surface area contributed by atoms with Crippen LogP contribution in [-0.2, 0) is 11.3 Å². The lowest BCUT2D eigenvalue weighted by Crippen LogP contribution is -2.24. The van der Waals surface area contributed by atoms with E-state index in [-0.39, 0.29) is 23.2 Å². The lowest BCUT2D eigenvalue weighted by Gasteiger charge is -2.17. The van der Waals surface area contributed by atoms with Gasteiger partial charge in [-0.05, 0) is 23.3 Å². The first-order chi connectivity index (χ1) is 14.6. The smallest absolute Gasteiger partial charge is 0.387 e. The predicted molar refractivity (Wildman–Crippen MR) is 107 cm³/mol. The average molecular weight is 408 g/mol. The Morgan fingerprint density at radius 1 is 1.17 bits per heavy atom. The van der Waals surface area contributed by atoms with E-state index in [1.54, 1.807) is 24.5 Å². The Labute approximate surface area is 170 Å². The third kappa shape index (κ3) is 3.26. The number of furan rings is 1. The van der Waals surface area contributed by atoms with Crippen molar-refractivity contribution in [2.24, 2.45) is 0 Å². The predicted octanol–water partition coefficient (Wildman–Crippen LogP) is 5.10. The number of carbonyl (C=O) groups is 1. The molecule has 1 atom stereocenters. The van der Waals surface area contributed by atoms with Gasteiger partial charge in [0.25, 0.3) is 0 Å². The molecule has 152 valence electrons. The zero-order valence-electron chi connectivity index (χ0n) is 15.9. The topological polar surface area (TPSA) is 55.6 Å². The second-order valence-corrected chi connectivity index (χ2v) is 7.37. The number of hydrogen-bond acceptors (Lipinski definition) is 4. The summed E-state index contributed by atoms with van der Waals surface area (Å²) in [7, 11) is 0. The van der Waals surface area contributed by atoms with E-state index in [9.17, 15) is 13.6 Å². The second-order valence-electron chi connectivity index (χ2n) is 7.37. The number of fused-ring (bicyclic) bond motifs is 3. The Morgan fingerprint density at radius 3 is 2.80 bits per heavy atom. The van der Waals surface area contributed by atoms with Gasteiger partial charge in [-0.15, -0.1) is 0 Å². The molecule has 5 nitrogen and oxygen atoms in total. The van der Waals surface area contributed by atoms with Crippen LogP contribution in [0.2, 0.25) is 0 Å². The molecule has 0 saturated carbocycles. The molecule has 0 N–H and O–H groups in total. The number of hydrogen-bond donors (Lipinski definition) is 0. The first-order valence-corrected chi connectivity index (χ1v) is 9.66. The van der Waals surface area contributed by atoms with E-state index in [0.717, 1.165) is 16.5 Å². The van der Waals surface area contributed by atoms with E-state index < -0.39 is 6.61 Å². The Balaban J connectivity index is 1.55. The molecule has 2 aromatic heterocycles. The summed E-state index contributed by atoms with van der Waals surface area (Å²) in [5, 5.41) is 1.40. The molecule has 3 heterocycles. The van der Waals surface area contributed by atoms with E-state index in [0.29, 0.717) is 30.5 Å². The number of aromatic nitrogens is 1. The van der Waals surface area contributed by atoms with Crippen LogP contribution in [0.4, 0.5) is 8.78 Å². The quantitative estimate of drug-likeness (QED) is 0.461. The Kier molecular flexibility index (Phi) is 4.58. The minimum atomic E-state index is -2.96. The number of alkyl halides is 2. The van der Waals surface area contributed by atoms with Crippen LogP contribution < -0.4 is 4.74 Å². The van der Waals surface area contributed by atoms with Crippen LogP contribution in [0.3, 0.4) is 0 Å². The van der Waals surface area contributed by atoms with Gasteiger partial charge >= 0.3 is 6.61 Å². The fraction of sp³-hybridized carbons (Fsp3) is 0.217. The summed E-state index contributed by atoms with van der Waals surface area (Å²) < 4.78 is 36.3. The third-order valence-corrected chi connectivity index (χ3v) is 5.50. The number of benzene rings is 2. The molecular weight excluding hydrogens is 390 g/mol. The van der Waals surface area contributed by atoms with Crippen LogP contribution in [-0.4, -0.2) is 28.9 Å². The van der Waals surface area contributed by atoms with E-state index >= 15 is 0 Å². The summed E-state index contributed by atoms with van der Waals surface area (Å²) >= 11 is 0. The van der Waals surface area contributed by atoms with Gasteiger partial charge in [-0.2, -0.15) is 8.78 Å². The maximum absolute atomic E-state index is 12.9. The van der Waals surface area contributed by atoms with Gasteiger partial charge in [0.05, 0.1) is 0 Å². The zero-order valence-corrected chi connectivity index (χ0v) is 15.9. The number of carbonyl (C=O) groups excluding carboxylic acids is 1. The Bertz CT molecular complexity index is 1220. The van der Waals surface area contributed by atoms with Gasteiger partial charge in [0.2, 0.25) is 5.91 Å². The number of likely N-dealkylation sites (tertiary alicyclic amines) is 1. The maximum Gasteiger partial charge on any atom is 0.387 e. The molecule has 1 unspecified atom stereocenters. The minimum Gasteiger partial charge on any atom is -0.452 e. The molecule has 5 rings (SSSR count). The fourth-order valence-corrected chi connectivity index (χ4v) is 4.19. The highest BCUT2D eigenvalue weighted by molar-refractivity contribution is 6.08. The fourth-order valence-electron chi connectivity index (χ4n) is 4.19. The molecule has 1 fully saturated rings. The third-order valence-electron chi connectivity index (χ3n) is 5.50. The summed E-state index contributed by atoms with van der Waals surface area (Å²) in [6.07, 6.45) is 3.58. The van der Waals surface area contributed by atoms with E-state index in [2.05, 4.69) is 9.72 Å². The van der Waals surface area contributed by atoms with E-state index in [1.165, 1.54) is 6.07 Å². The van der Waals surface area contributed by atoms with Crippen LogP contribution in [0, 0.1) is 0 Å². The van der Waals surface area contributed by atoms with Gasteiger partial charge in [-0.3, -0.25) is 9.78 Å². The second kappa shape index (κ2) is 7.40. The Hall–Kier alpha value is -3.48. The van der Waals surface area contributed by atoms with Crippen LogP contribution >= 0.6 is 0 Å². The lowest BCUT2D eigenvalue weighted by atomic mass is 9.93. The van der Waals surface area contributed by atoms with Crippen LogP contribution in [0.25, 0.3) is 21.9 Å². The molecule has 1 aliphatic rings. The normalized spacial score (nSPS) is 16.8. The molecule has 1 amide bonds. The average Bonchev–Trinajstić information content (AvgIpc) is 3.30. The highest BCUT2D eigenvalue weighted by atomic mass is 19.3. The monoisotopic (exact) mass is 408 g/mol. The summed E-state index contributed by atoms with van der Waals surface area (Å²) in [5.41, 5.74) is 2.74. The lowest BCUT2D eigenvalue weighted by molar-refractivity contribution is -0.128. The molecule has 7 heteroatoms. The van der Waals surface area contributed by atoms with Crippen molar-refractivity contribution in [1.82, 2.24) is 9.88 Å². The SMILES string of the molecule is O=C1CC(c2ccc(OC(F)F)c3oc4ccncc4c23)CN1Cc1ccccc1. The largest absolute Gasteiger partial charge is 0.452 e. The molecule has 2 aromatic carbocycles. The van der Waals surface area contributed by atoms with Gasteiger partial charge in [-0.1, -0.05) is 36.4 Å². The van der Waals surface area contributed by atoms with Crippen molar-refractivity contribution in [3.63, 3.8) is 0 Å². The summed E-state index contributed by atoms with van der Waals surface area (Å²) in [5.74, 6) is -0.0356. The van der Waals surface area contributed by atoms with Gasteiger partial charge in [0.1, 0.15) is 5.58 Å².